The Morgan fingerprint density at radius 1 is 1.13 bits per heavy atom. The van der Waals surface area contributed by atoms with E-state index in [-0.39, 0.29) is 4.90 Å². The molecular formula is C16H13BrN2O2S2. The first kappa shape index (κ1) is 16.3. The lowest BCUT2D eigenvalue weighted by Crippen LogP contribution is -2.14. The highest BCUT2D eigenvalue weighted by molar-refractivity contribution is 9.10. The molecule has 0 spiro atoms. The number of rotatable bonds is 3. The third kappa shape index (κ3) is 3.37. The number of primary sulfonamides is 1. The van der Waals surface area contributed by atoms with Gasteiger partial charge in [-0.25, -0.2) is 18.5 Å². The molecule has 1 heterocycles. The Hall–Kier alpha value is -1.54. The van der Waals surface area contributed by atoms with Gasteiger partial charge >= 0.3 is 0 Å². The summed E-state index contributed by atoms with van der Waals surface area (Å²) < 4.78 is 24.6. The molecule has 0 atom stereocenters. The van der Waals surface area contributed by atoms with Crippen LogP contribution in [0.2, 0.25) is 0 Å². The molecule has 3 rings (SSSR count). The first-order chi connectivity index (χ1) is 10.9. The third-order valence-corrected chi connectivity index (χ3v) is 5.83. The third-order valence-electron chi connectivity index (χ3n) is 3.44. The number of nitrogens with two attached hydrogens (primary N) is 1. The average molecular weight is 409 g/mol. The summed E-state index contributed by atoms with van der Waals surface area (Å²) in [4.78, 5) is 4.49. The van der Waals surface area contributed by atoms with Crippen LogP contribution in [0.3, 0.4) is 0 Å². The molecule has 0 amide bonds. The molecule has 0 aliphatic rings. The Kier molecular flexibility index (Phi) is 4.37. The lowest BCUT2D eigenvalue weighted by Gasteiger charge is -2.13. The number of aryl methyl sites for hydroxylation is 1. The smallest absolute Gasteiger partial charge is 0.238 e. The van der Waals surface area contributed by atoms with Crippen molar-refractivity contribution in [2.24, 2.45) is 5.14 Å². The number of sulfonamides is 1. The van der Waals surface area contributed by atoms with Crippen molar-refractivity contribution < 1.29 is 8.42 Å². The minimum absolute atomic E-state index is 0.135. The van der Waals surface area contributed by atoms with Gasteiger partial charge in [-0.15, -0.1) is 11.3 Å². The molecule has 4 nitrogen and oxygen atoms in total. The second-order valence-electron chi connectivity index (χ2n) is 5.05. The van der Waals surface area contributed by atoms with Gasteiger partial charge in [0.05, 0.1) is 4.90 Å². The SMILES string of the molecule is Cc1cc(-c2nccs2)c(-c2ccc(Br)cc2)cc1S(N)(=O)=O. The van der Waals surface area contributed by atoms with Gasteiger partial charge in [-0.3, -0.25) is 0 Å². The van der Waals surface area contributed by atoms with Crippen molar-refractivity contribution in [3.63, 3.8) is 0 Å². The fourth-order valence-electron chi connectivity index (χ4n) is 2.40. The fraction of sp³-hybridized carbons (Fsp3) is 0.0625. The number of aromatic nitrogens is 1. The molecule has 0 unspecified atom stereocenters. The molecule has 0 saturated heterocycles. The monoisotopic (exact) mass is 408 g/mol. The van der Waals surface area contributed by atoms with E-state index in [1.165, 1.54) is 11.3 Å². The van der Waals surface area contributed by atoms with Crippen molar-refractivity contribution >= 4 is 37.3 Å². The number of thiazole rings is 1. The van der Waals surface area contributed by atoms with Crippen LogP contribution in [0.4, 0.5) is 0 Å². The average Bonchev–Trinajstić information content (AvgIpc) is 3.01. The summed E-state index contributed by atoms with van der Waals surface area (Å²) in [7, 11) is -3.78. The van der Waals surface area contributed by atoms with E-state index in [1.807, 2.05) is 35.7 Å². The first-order valence-corrected chi connectivity index (χ1v) is 9.91. The van der Waals surface area contributed by atoms with E-state index in [0.29, 0.717) is 5.56 Å². The van der Waals surface area contributed by atoms with Crippen molar-refractivity contribution in [1.29, 1.82) is 0 Å². The maximum absolute atomic E-state index is 11.8. The highest BCUT2D eigenvalue weighted by Crippen LogP contribution is 2.36. The lowest BCUT2D eigenvalue weighted by atomic mass is 9.98. The van der Waals surface area contributed by atoms with Crippen molar-refractivity contribution in [1.82, 2.24) is 4.98 Å². The molecule has 2 N–H and O–H groups in total. The van der Waals surface area contributed by atoms with Gasteiger partial charge in [-0.05, 0) is 47.9 Å². The molecule has 0 fully saturated rings. The van der Waals surface area contributed by atoms with Gasteiger partial charge in [0.15, 0.2) is 0 Å². The lowest BCUT2D eigenvalue weighted by molar-refractivity contribution is 0.597. The molecule has 0 bridgehead atoms. The summed E-state index contributed by atoms with van der Waals surface area (Å²) in [6, 6.07) is 11.1. The van der Waals surface area contributed by atoms with E-state index in [1.54, 1.807) is 19.2 Å². The van der Waals surface area contributed by atoms with Crippen molar-refractivity contribution in [3.05, 3.63) is 58.0 Å². The Labute approximate surface area is 147 Å². The zero-order valence-corrected chi connectivity index (χ0v) is 15.4. The second-order valence-corrected chi connectivity index (χ2v) is 8.39. The summed E-state index contributed by atoms with van der Waals surface area (Å²) >= 11 is 4.92. The molecule has 1 aromatic heterocycles. The Balaban J connectivity index is 2.32. The van der Waals surface area contributed by atoms with E-state index < -0.39 is 10.0 Å². The molecule has 3 aromatic rings. The minimum Gasteiger partial charge on any atom is -0.245 e. The molecule has 118 valence electrons. The predicted octanol–water partition coefficient (Wildman–Crippen LogP) is 4.20. The van der Waals surface area contributed by atoms with Gasteiger partial charge in [0.1, 0.15) is 5.01 Å². The van der Waals surface area contributed by atoms with Crippen LogP contribution in [0.5, 0.6) is 0 Å². The highest BCUT2D eigenvalue weighted by Gasteiger charge is 2.18. The van der Waals surface area contributed by atoms with Gasteiger partial charge in [0, 0.05) is 21.6 Å². The summed E-state index contributed by atoms with van der Waals surface area (Å²) in [6.45, 7) is 1.74. The predicted molar refractivity (Wildman–Crippen MR) is 96.8 cm³/mol. The van der Waals surface area contributed by atoms with Crippen LogP contribution in [0, 0.1) is 6.92 Å². The van der Waals surface area contributed by atoms with Crippen LogP contribution in [-0.2, 0) is 10.0 Å². The summed E-state index contributed by atoms with van der Waals surface area (Å²) in [6.07, 6.45) is 1.73. The topological polar surface area (TPSA) is 73.0 Å². The second kappa shape index (κ2) is 6.16. The zero-order chi connectivity index (χ0) is 16.6. The van der Waals surface area contributed by atoms with Crippen LogP contribution in [0.15, 0.2) is 57.3 Å². The van der Waals surface area contributed by atoms with Gasteiger partial charge in [0.2, 0.25) is 10.0 Å². The largest absolute Gasteiger partial charge is 0.245 e. The number of hydrogen-bond acceptors (Lipinski definition) is 4. The van der Waals surface area contributed by atoms with Crippen molar-refractivity contribution in [3.8, 4) is 21.7 Å². The van der Waals surface area contributed by atoms with Crippen LogP contribution in [-0.4, -0.2) is 13.4 Å². The molecule has 0 aliphatic heterocycles. The highest BCUT2D eigenvalue weighted by atomic mass is 79.9. The molecule has 0 aliphatic carbocycles. The minimum atomic E-state index is -3.78. The van der Waals surface area contributed by atoms with E-state index in [4.69, 9.17) is 5.14 Å². The quantitative estimate of drug-likeness (QED) is 0.705. The number of halogens is 1. The van der Waals surface area contributed by atoms with Crippen LogP contribution in [0.25, 0.3) is 21.7 Å². The van der Waals surface area contributed by atoms with Gasteiger partial charge in [0.25, 0.3) is 0 Å². The van der Waals surface area contributed by atoms with E-state index in [2.05, 4.69) is 20.9 Å². The number of benzene rings is 2. The van der Waals surface area contributed by atoms with Crippen molar-refractivity contribution in [2.75, 3.05) is 0 Å². The maximum atomic E-state index is 11.8. The van der Waals surface area contributed by atoms with Gasteiger partial charge in [-0.1, -0.05) is 28.1 Å². The molecule has 0 radical (unpaired) electrons. The summed E-state index contributed by atoms with van der Waals surface area (Å²) in [5, 5.41) is 8.08. The number of nitrogens with zero attached hydrogens (tertiary/aromatic N) is 1. The van der Waals surface area contributed by atoms with Crippen LogP contribution in [0.1, 0.15) is 5.56 Å². The summed E-state index contributed by atoms with van der Waals surface area (Å²) in [5.74, 6) is 0. The molecule has 23 heavy (non-hydrogen) atoms. The van der Waals surface area contributed by atoms with E-state index >= 15 is 0 Å². The van der Waals surface area contributed by atoms with Crippen molar-refractivity contribution in [2.45, 2.75) is 11.8 Å². The maximum Gasteiger partial charge on any atom is 0.238 e. The van der Waals surface area contributed by atoms with Crippen LogP contribution < -0.4 is 5.14 Å². The Bertz CT molecular complexity index is 951. The molecule has 0 saturated carbocycles. The van der Waals surface area contributed by atoms with Crippen LogP contribution >= 0.6 is 27.3 Å². The van der Waals surface area contributed by atoms with E-state index in [0.717, 1.165) is 26.2 Å². The molecule has 7 heteroatoms. The first-order valence-electron chi connectivity index (χ1n) is 6.69. The molecule has 2 aromatic carbocycles. The van der Waals surface area contributed by atoms with E-state index in [9.17, 15) is 8.42 Å². The molecular weight excluding hydrogens is 396 g/mol. The standard InChI is InChI=1S/C16H13BrN2O2S2/c1-10-8-14(16-19-6-7-22-16)13(9-15(10)23(18,20)21)11-2-4-12(17)5-3-11/h2-9H,1H3,(H2,18,20,21). The number of hydrogen-bond donors (Lipinski definition) is 1. The Morgan fingerprint density at radius 3 is 2.39 bits per heavy atom. The zero-order valence-electron chi connectivity index (χ0n) is 12.2. The van der Waals surface area contributed by atoms with Gasteiger partial charge < -0.3 is 0 Å². The Morgan fingerprint density at radius 2 is 1.83 bits per heavy atom. The van der Waals surface area contributed by atoms with Gasteiger partial charge in [-0.2, -0.15) is 0 Å². The normalized spacial score (nSPS) is 11.6. The fourth-order valence-corrected chi connectivity index (χ4v) is 4.12. The summed E-state index contributed by atoms with van der Waals surface area (Å²) in [5.41, 5.74) is 3.20.